The monoisotopic (exact) mass is 297 g/mol. The Hall–Kier alpha value is -2.38. The molecule has 0 saturated heterocycles. The Morgan fingerprint density at radius 3 is 2.38 bits per heavy atom. The van der Waals surface area contributed by atoms with Crippen molar-refractivity contribution in [2.75, 3.05) is 6.54 Å². The average molecular weight is 297 g/mol. The van der Waals surface area contributed by atoms with Gasteiger partial charge in [-0.15, -0.1) is 0 Å². The van der Waals surface area contributed by atoms with Crippen LogP contribution >= 0.6 is 0 Å². The standard InChI is InChI=1S/C13H19N3O5/c1-13(2,3)15(6-5-11(17)18)12(19)10-7-9(16(20)21)8-14(10)4/h7-8H,5-6H2,1-4H3,(H,17,18). The number of aliphatic carboxylic acids is 1. The Kier molecular flexibility index (Phi) is 4.72. The van der Waals surface area contributed by atoms with Crippen LogP contribution in [0.5, 0.6) is 0 Å². The zero-order valence-corrected chi connectivity index (χ0v) is 12.5. The summed E-state index contributed by atoms with van der Waals surface area (Å²) >= 11 is 0. The van der Waals surface area contributed by atoms with E-state index >= 15 is 0 Å². The van der Waals surface area contributed by atoms with Gasteiger partial charge in [-0.1, -0.05) is 0 Å². The molecule has 1 rings (SSSR count). The lowest BCUT2D eigenvalue weighted by atomic mass is 10.0. The van der Waals surface area contributed by atoms with Crippen LogP contribution in [0.1, 0.15) is 37.7 Å². The normalized spacial score (nSPS) is 11.2. The minimum absolute atomic E-state index is 0.0383. The highest BCUT2D eigenvalue weighted by Crippen LogP contribution is 2.21. The van der Waals surface area contributed by atoms with Gasteiger partial charge in [0.25, 0.3) is 11.6 Å². The van der Waals surface area contributed by atoms with Gasteiger partial charge in [-0.3, -0.25) is 19.7 Å². The lowest BCUT2D eigenvalue weighted by molar-refractivity contribution is -0.384. The number of hydrogen-bond acceptors (Lipinski definition) is 4. The van der Waals surface area contributed by atoms with E-state index in [0.29, 0.717) is 0 Å². The van der Waals surface area contributed by atoms with Crippen LogP contribution in [0, 0.1) is 10.1 Å². The molecule has 8 nitrogen and oxygen atoms in total. The van der Waals surface area contributed by atoms with Crippen LogP contribution in [0.3, 0.4) is 0 Å². The molecule has 0 saturated carbocycles. The van der Waals surface area contributed by atoms with Crippen LogP contribution in [-0.4, -0.2) is 43.5 Å². The number of nitro groups is 1. The summed E-state index contributed by atoms with van der Waals surface area (Å²) in [6.45, 7) is 5.38. The molecule has 0 bridgehead atoms. The minimum Gasteiger partial charge on any atom is -0.481 e. The molecule has 0 atom stereocenters. The van der Waals surface area contributed by atoms with E-state index in [4.69, 9.17) is 5.11 Å². The molecule has 0 aliphatic carbocycles. The molecule has 1 amide bonds. The minimum atomic E-state index is -1.00. The van der Waals surface area contributed by atoms with Gasteiger partial charge >= 0.3 is 5.97 Å². The van der Waals surface area contributed by atoms with Crippen LogP contribution in [0.15, 0.2) is 12.3 Å². The van der Waals surface area contributed by atoms with Gasteiger partial charge in [0, 0.05) is 25.2 Å². The molecular weight excluding hydrogens is 278 g/mol. The molecule has 0 aromatic carbocycles. The quantitative estimate of drug-likeness (QED) is 0.657. The van der Waals surface area contributed by atoms with Crippen molar-refractivity contribution in [2.45, 2.75) is 32.7 Å². The Balaban J connectivity index is 3.10. The smallest absolute Gasteiger partial charge is 0.305 e. The Morgan fingerprint density at radius 2 is 2.00 bits per heavy atom. The van der Waals surface area contributed by atoms with E-state index in [-0.39, 0.29) is 24.3 Å². The fourth-order valence-corrected chi connectivity index (χ4v) is 1.95. The first-order chi connectivity index (χ1) is 9.54. The van der Waals surface area contributed by atoms with E-state index in [1.54, 1.807) is 20.8 Å². The van der Waals surface area contributed by atoms with Crippen LogP contribution in [0.4, 0.5) is 5.69 Å². The first kappa shape index (κ1) is 16.7. The van der Waals surface area contributed by atoms with Gasteiger partial charge in [-0.2, -0.15) is 0 Å². The molecular formula is C13H19N3O5. The molecule has 21 heavy (non-hydrogen) atoms. The van der Waals surface area contributed by atoms with Crippen LogP contribution < -0.4 is 0 Å². The summed E-state index contributed by atoms with van der Waals surface area (Å²) in [4.78, 5) is 34.9. The first-order valence-electron chi connectivity index (χ1n) is 6.38. The van der Waals surface area contributed by atoms with Gasteiger partial charge in [-0.05, 0) is 20.8 Å². The number of amides is 1. The summed E-state index contributed by atoms with van der Waals surface area (Å²) in [5, 5.41) is 19.5. The van der Waals surface area contributed by atoms with Gasteiger partial charge < -0.3 is 14.6 Å². The summed E-state index contributed by atoms with van der Waals surface area (Å²) in [7, 11) is 1.54. The van der Waals surface area contributed by atoms with Crippen LogP contribution in [0.25, 0.3) is 0 Å². The fourth-order valence-electron chi connectivity index (χ4n) is 1.95. The molecule has 0 radical (unpaired) electrons. The summed E-state index contributed by atoms with van der Waals surface area (Å²) in [5.41, 5.74) is -0.610. The van der Waals surface area contributed by atoms with Crippen molar-refractivity contribution in [3.05, 3.63) is 28.1 Å². The Morgan fingerprint density at radius 1 is 1.43 bits per heavy atom. The van der Waals surface area contributed by atoms with Crippen LogP contribution in [0.2, 0.25) is 0 Å². The molecule has 0 aliphatic rings. The van der Waals surface area contributed by atoms with E-state index in [2.05, 4.69) is 0 Å². The Labute approximate surface area is 122 Å². The zero-order chi connectivity index (χ0) is 16.4. The molecule has 0 spiro atoms. The third-order valence-electron chi connectivity index (χ3n) is 3.02. The number of carboxylic acid groups (broad SMARTS) is 1. The van der Waals surface area contributed by atoms with Crippen LogP contribution in [-0.2, 0) is 11.8 Å². The number of rotatable bonds is 5. The van der Waals surface area contributed by atoms with E-state index in [1.165, 1.54) is 28.8 Å². The molecule has 0 fully saturated rings. The Bertz CT molecular complexity index is 571. The SMILES string of the molecule is Cn1cc([N+](=O)[O-])cc1C(=O)N(CCC(=O)O)C(C)(C)C. The number of aryl methyl sites for hydroxylation is 1. The van der Waals surface area contributed by atoms with Gasteiger partial charge in [0.15, 0.2) is 0 Å². The van der Waals surface area contributed by atoms with E-state index in [1.807, 2.05) is 0 Å². The number of aromatic nitrogens is 1. The first-order valence-corrected chi connectivity index (χ1v) is 6.38. The molecule has 1 aromatic rings. The highest BCUT2D eigenvalue weighted by Gasteiger charge is 2.30. The summed E-state index contributed by atoms with van der Waals surface area (Å²) in [6, 6.07) is 1.20. The van der Waals surface area contributed by atoms with Gasteiger partial charge in [0.1, 0.15) is 5.69 Å². The lowest BCUT2D eigenvalue weighted by Gasteiger charge is -2.35. The van der Waals surface area contributed by atoms with E-state index in [0.717, 1.165) is 0 Å². The predicted octanol–water partition coefficient (Wildman–Crippen LogP) is 1.65. The predicted molar refractivity (Wildman–Crippen MR) is 75.1 cm³/mol. The third-order valence-corrected chi connectivity index (χ3v) is 3.02. The zero-order valence-electron chi connectivity index (χ0n) is 12.5. The number of hydrogen-bond donors (Lipinski definition) is 1. The van der Waals surface area contributed by atoms with Crippen molar-refractivity contribution in [1.29, 1.82) is 0 Å². The molecule has 1 heterocycles. The number of carbonyl (C=O) groups is 2. The second kappa shape index (κ2) is 5.94. The topological polar surface area (TPSA) is 106 Å². The average Bonchev–Trinajstić information content (AvgIpc) is 2.69. The van der Waals surface area contributed by atoms with E-state index < -0.39 is 22.3 Å². The number of carboxylic acids is 1. The van der Waals surface area contributed by atoms with Crippen molar-refractivity contribution in [3.8, 4) is 0 Å². The fraction of sp³-hybridized carbons (Fsp3) is 0.538. The molecule has 1 aromatic heterocycles. The summed E-state index contributed by atoms with van der Waals surface area (Å²) < 4.78 is 1.37. The highest BCUT2D eigenvalue weighted by atomic mass is 16.6. The van der Waals surface area contributed by atoms with Crippen molar-refractivity contribution in [1.82, 2.24) is 9.47 Å². The maximum atomic E-state index is 12.6. The second-order valence-electron chi connectivity index (χ2n) is 5.72. The molecule has 8 heteroatoms. The maximum Gasteiger partial charge on any atom is 0.305 e. The molecule has 1 N–H and O–H groups in total. The number of nitrogens with zero attached hydrogens (tertiary/aromatic N) is 3. The van der Waals surface area contributed by atoms with E-state index in [9.17, 15) is 19.7 Å². The van der Waals surface area contributed by atoms with Crippen molar-refractivity contribution in [3.63, 3.8) is 0 Å². The van der Waals surface area contributed by atoms with Crippen molar-refractivity contribution < 1.29 is 19.6 Å². The molecule has 116 valence electrons. The second-order valence-corrected chi connectivity index (χ2v) is 5.72. The van der Waals surface area contributed by atoms with Crippen molar-refractivity contribution >= 4 is 17.6 Å². The van der Waals surface area contributed by atoms with Crippen molar-refractivity contribution in [2.24, 2.45) is 7.05 Å². The van der Waals surface area contributed by atoms with Gasteiger partial charge in [-0.25, -0.2) is 0 Å². The summed E-state index contributed by atoms with van der Waals surface area (Å²) in [6.07, 6.45) is 1.07. The largest absolute Gasteiger partial charge is 0.481 e. The molecule has 0 unspecified atom stereocenters. The summed E-state index contributed by atoms with van der Waals surface area (Å²) in [5.74, 6) is -1.44. The lowest BCUT2D eigenvalue weighted by Crippen LogP contribution is -2.47. The van der Waals surface area contributed by atoms with Gasteiger partial charge in [0.2, 0.25) is 0 Å². The molecule has 0 aliphatic heterocycles. The van der Waals surface area contributed by atoms with Gasteiger partial charge in [0.05, 0.1) is 17.5 Å². The number of carbonyl (C=O) groups excluding carboxylic acids is 1. The highest BCUT2D eigenvalue weighted by molar-refractivity contribution is 5.94. The third kappa shape index (κ3) is 4.04. The maximum absolute atomic E-state index is 12.6.